The zero-order valence-electron chi connectivity index (χ0n) is 7.29. The number of hydrogen-bond acceptors (Lipinski definition) is 2. The summed E-state index contributed by atoms with van der Waals surface area (Å²) in [4.78, 5) is 11.1. The number of pyridine rings is 1. The molecule has 0 spiro atoms. The highest BCUT2D eigenvalue weighted by atomic mass is 16.1. The van der Waals surface area contributed by atoms with Crippen molar-refractivity contribution in [2.24, 2.45) is 12.8 Å². The van der Waals surface area contributed by atoms with Crippen LogP contribution < -0.4 is 11.3 Å². The predicted molar refractivity (Wildman–Crippen MR) is 49.1 cm³/mol. The minimum Gasteiger partial charge on any atom is -0.330 e. The van der Waals surface area contributed by atoms with Crippen LogP contribution in [0.5, 0.6) is 0 Å². The van der Waals surface area contributed by atoms with E-state index in [0.717, 1.165) is 18.4 Å². The van der Waals surface area contributed by atoms with E-state index >= 15 is 0 Å². The second-order valence-electron chi connectivity index (χ2n) is 2.88. The van der Waals surface area contributed by atoms with Gasteiger partial charge < -0.3 is 10.3 Å². The van der Waals surface area contributed by atoms with Gasteiger partial charge in [-0.25, -0.2) is 0 Å². The molecule has 1 aromatic heterocycles. The molecule has 0 aromatic carbocycles. The molecule has 0 aliphatic rings. The third kappa shape index (κ3) is 2.20. The fourth-order valence-corrected chi connectivity index (χ4v) is 1.05. The standard InChI is InChI=1S/C9H14N2O/c1-11-6-4-8(3-2-5-10)7-9(11)12/h4,6-7H,2-3,5,10H2,1H3. The zero-order valence-corrected chi connectivity index (χ0v) is 7.29. The number of aromatic nitrogens is 1. The topological polar surface area (TPSA) is 48.0 Å². The normalized spacial score (nSPS) is 10.2. The zero-order chi connectivity index (χ0) is 8.97. The fraction of sp³-hybridized carbons (Fsp3) is 0.444. The van der Waals surface area contributed by atoms with Gasteiger partial charge in [-0.1, -0.05) is 0 Å². The molecule has 0 fully saturated rings. The van der Waals surface area contributed by atoms with Gasteiger partial charge in [0.1, 0.15) is 0 Å². The first kappa shape index (κ1) is 9.00. The third-order valence-corrected chi connectivity index (χ3v) is 1.84. The summed E-state index contributed by atoms with van der Waals surface area (Å²) in [6, 6.07) is 3.62. The van der Waals surface area contributed by atoms with Crippen LogP contribution in [0.2, 0.25) is 0 Å². The van der Waals surface area contributed by atoms with Crippen molar-refractivity contribution < 1.29 is 0 Å². The highest BCUT2D eigenvalue weighted by Crippen LogP contribution is 1.97. The van der Waals surface area contributed by atoms with Crippen molar-refractivity contribution in [2.75, 3.05) is 6.54 Å². The van der Waals surface area contributed by atoms with Gasteiger partial charge in [0, 0.05) is 19.3 Å². The molecule has 0 aliphatic carbocycles. The summed E-state index contributed by atoms with van der Waals surface area (Å²) in [5.74, 6) is 0. The van der Waals surface area contributed by atoms with Crippen molar-refractivity contribution in [3.05, 3.63) is 34.2 Å². The molecular weight excluding hydrogens is 152 g/mol. The van der Waals surface area contributed by atoms with Gasteiger partial charge >= 0.3 is 0 Å². The molecule has 3 heteroatoms. The Kier molecular flexibility index (Phi) is 3.05. The summed E-state index contributed by atoms with van der Waals surface area (Å²) >= 11 is 0. The van der Waals surface area contributed by atoms with E-state index in [9.17, 15) is 4.79 Å². The maximum Gasteiger partial charge on any atom is 0.250 e. The van der Waals surface area contributed by atoms with Gasteiger partial charge in [-0.15, -0.1) is 0 Å². The first-order chi connectivity index (χ1) is 5.74. The molecule has 0 saturated heterocycles. The Morgan fingerprint density at radius 2 is 2.33 bits per heavy atom. The van der Waals surface area contributed by atoms with Crippen LogP contribution in [-0.2, 0) is 13.5 Å². The molecule has 0 unspecified atom stereocenters. The smallest absolute Gasteiger partial charge is 0.250 e. The number of aryl methyl sites for hydroxylation is 2. The Morgan fingerprint density at radius 3 is 2.92 bits per heavy atom. The Balaban J connectivity index is 2.76. The van der Waals surface area contributed by atoms with Crippen molar-refractivity contribution in [2.45, 2.75) is 12.8 Å². The summed E-state index contributed by atoms with van der Waals surface area (Å²) in [5, 5.41) is 0. The largest absolute Gasteiger partial charge is 0.330 e. The van der Waals surface area contributed by atoms with Gasteiger partial charge in [0.15, 0.2) is 0 Å². The first-order valence-corrected chi connectivity index (χ1v) is 4.09. The van der Waals surface area contributed by atoms with Crippen LogP contribution in [0.4, 0.5) is 0 Å². The molecular formula is C9H14N2O. The van der Waals surface area contributed by atoms with Gasteiger partial charge in [-0.3, -0.25) is 4.79 Å². The van der Waals surface area contributed by atoms with Crippen LogP contribution in [0.25, 0.3) is 0 Å². The monoisotopic (exact) mass is 166 g/mol. The van der Waals surface area contributed by atoms with Crippen molar-refractivity contribution in [3.63, 3.8) is 0 Å². The Morgan fingerprint density at radius 1 is 1.58 bits per heavy atom. The maximum absolute atomic E-state index is 11.1. The highest BCUT2D eigenvalue weighted by molar-refractivity contribution is 5.10. The quantitative estimate of drug-likeness (QED) is 0.701. The van der Waals surface area contributed by atoms with E-state index in [0.29, 0.717) is 6.54 Å². The number of nitrogens with two attached hydrogens (primary N) is 1. The van der Waals surface area contributed by atoms with Gasteiger partial charge in [-0.2, -0.15) is 0 Å². The number of nitrogens with zero attached hydrogens (tertiary/aromatic N) is 1. The van der Waals surface area contributed by atoms with Gasteiger partial charge in [0.25, 0.3) is 5.56 Å². The lowest BCUT2D eigenvalue weighted by molar-refractivity contribution is 0.808. The van der Waals surface area contributed by atoms with E-state index in [-0.39, 0.29) is 5.56 Å². The van der Waals surface area contributed by atoms with E-state index in [1.807, 2.05) is 6.07 Å². The van der Waals surface area contributed by atoms with E-state index in [4.69, 9.17) is 5.73 Å². The van der Waals surface area contributed by atoms with Crippen molar-refractivity contribution in [3.8, 4) is 0 Å². The van der Waals surface area contributed by atoms with Crippen LogP contribution in [0, 0.1) is 0 Å². The van der Waals surface area contributed by atoms with Crippen LogP contribution in [-0.4, -0.2) is 11.1 Å². The molecule has 0 bridgehead atoms. The van der Waals surface area contributed by atoms with E-state index in [1.165, 1.54) is 0 Å². The number of hydrogen-bond donors (Lipinski definition) is 1. The molecule has 0 radical (unpaired) electrons. The fourth-order valence-electron chi connectivity index (χ4n) is 1.05. The minimum absolute atomic E-state index is 0.0459. The second-order valence-corrected chi connectivity index (χ2v) is 2.88. The molecule has 0 atom stereocenters. The Bertz CT molecular complexity index is 304. The molecule has 0 aliphatic heterocycles. The summed E-state index contributed by atoms with van der Waals surface area (Å²) in [7, 11) is 1.75. The molecule has 12 heavy (non-hydrogen) atoms. The summed E-state index contributed by atoms with van der Waals surface area (Å²) < 4.78 is 1.56. The maximum atomic E-state index is 11.1. The predicted octanol–water partition coefficient (Wildman–Crippen LogP) is 0.277. The summed E-state index contributed by atoms with van der Waals surface area (Å²) in [6.45, 7) is 0.676. The average Bonchev–Trinajstić information content (AvgIpc) is 2.07. The van der Waals surface area contributed by atoms with Gasteiger partial charge in [0.2, 0.25) is 0 Å². The molecule has 2 N–H and O–H groups in total. The Labute approximate surface area is 71.8 Å². The third-order valence-electron chi connectivity index (χ3n) is 1.84. The van der Waals surface area contributed by atoms with E-state index < -0.39 is 0 Å². The molecule has 0 saturated carbocycles. The van der Waals surface area contributed by atoms with Crippen LogP contribution in [0.15, 0.2) is 23.1 Å². The summed E-state index contributed by atoms with van der Waals surface area (Å²) in [6.07, 6.45) is 3.62. The molecule has 1 rings (SSSR count). The van der Waals surface area contributed by atoms with Crippen molar-refractivity contribution >= 4 is 0 Å². The highest BCUT2D eigenvalue weighted by Gasteiger charge is 1.94. The van der Waals surface area contributed by atoms with Crippen LogP contribution in [0.1, 0.15) is 12.0 Å². The molecule has 66 valence electrons. The summed E-state index contributed by atoms with van der Waals surface area (Å²) in [5.41, 5.74) is 6.48. The lowest BCUT2D eigenvalue weighted by Gasteiger charge is -2.00. The average molecular weight is 166 g/mol. The van der Waals surface area contributed by atoms with Gasteiger partial charge in [0.05, 0.1) is 0 Å². The molecule has 0 amide bonds. The SMILES string of the molecule is Cn1ccc(CCCN)cc1=O. The lowest BCUT2D eigenvalue weighted by atomic mass is 10.1. The van der Waals surface area contributed by atoms with Crippen LogP contribution in [0.3, 0.4) is 0 Å². The Hall–Kier alpha value is -1.09. The minimum atomic E-state index is 0.0459. The molecule has 1 heterocycles. The van der Waals surface area contributed by atoms with Crippen LogP contribution >= 0.6 is 0 Å². The lowest BCUT2D eigenvalue weighted by Crippen LogP contribution is -2.15. The van der Waals surface area contributed by atoms with Gasteiger partial charge in [-0.05, 0) is 31.0 Å². The molecule has 1 aromatic rings. The molecule has 3 nitrogen and oxygen atoms in total. The van der Waals surface area contributed by atoms with E-state index in [2.05, 4.69) is 0 Å². The van der Waals surface area contributed by atoms with E-state index in [1.54, 1.807) is 23.9 Å². The first-order valence-electron chi connectivity index (χ1n) is 4.09. The second kappa shape index (κ2) is 4.07. The van der Waals surface area contributed by atoms with Crippen molar-refractivity contribution in [1.29, 1.82) is 0 Å². The number of rotatable bonds is 3. The van der Waals surface area contributed by atoms with Crippen molar-refractivity contribution in [1.82, 2.24) is 4.57 Å².